The third-order valence-corrected chi connectivity index (χ3v) is 11.3. The average Bonchev–Trinajstić information content (AvgIpc) is 3.24. The van der Waals surface area contributed by atoms with E-state index in [1.54, 1.807) is 12.2 Å². The van der Waals surface area contributed by atoms with Crippen molar-refractivity contribution in [1.29, 1.82) is 0 Å². The van der Waals surface area contributed by atoms with Crippen molar-refractivity contribution in [3.05, 3.63) is 72.9 Å². The molecule has 17 nitrogen and oxygen atoms in total. The van der Waals surface area contributed by atoms with E-state index in [0.29, 0.717) is 32.1 Å². The number of carbonyl (C=O) groups excluding carboxylic acids is 2. The Kier molecular flexibility index (Phi) is 33.0. The molecular weight excluding hydrogens is 874 g/mol. The number of ether oxygens (including phenoxy) is 2. The molecule has 0 spiro atoms. The fourth-order valence-electron chi connectivity index (χ4n) is 6.32. The van der Waals surface area contributed by atoms with Crippen molar-refractivity contribution in [2.75, 3.05) is 13.2 Å². The van der Waals surface area contributed by atoms with Gasteiger partial charge in [-0.25, -0.2) is 9.13 Å². The van der Waals surface area contributed by atoms with Crippen molar-refractivity contribution in [3.8, 4) is 0 Å². The molecule has 0 aromatic heterocycles. The highest BCUT2D eigenvalue weighted by molar-refractivity contribution is 7.47. The topological polar surface area (TPSA) is 276 Å². The summed E-state index contributed by atoms with van der Waals surface area (Å²) in [4.78, 5) is 54.1. The second-order valence-electron chi connectivity index (χ2n) is 15.6. The van der Waals surface area contributed by atoms with Crippen molar-refractivity contribution in [2.24, 2.45) is 0 Å². The van der Waals surface area contributed by atoms with Gasteiger partial charge >= 0.3 is 27.6 Å². The van der Waals surface area contributed by atoms with Crippen LogP contribution in [-0.2, 0) is 41.8 Å². The van der Waals surface area contributed by atoms with Crippen molar-refractivity contribution >= 4 is 27.6 Å². The molecule has 0 aromatic rings. The van der Waals surface area contributed by atoms with Crippen LogP contribution in [0.25, 0.3) is 0 Å². The van der Waals surface area contributed by atoms with Crippen LogP contribution in [0.3, 0.4) is 0 Å². The summed E-state index contributed by atoms with van der Waals surface area (Å²) in [6, 6.07) is 0. The first-order valence-corrected chi connectivity index (χ1v) is 25.6. The zero-order valence-corrected chi connectivity index (χ0v) is 39.3. The second-order valence-corrected chi connectivity index (χ2v) is 18.2. The van der Waals surface area contributed by atoms with Gasteiger partial charge in [0.05, 0.1) is 12.7 Å². The molecule has 8 N–H and O–H groups in total. The maximum atomic E-state index is 13.0. The van der Waals surface area contributed by atoms with Gasteiger partial charge in [0.1, 0.15) is 43.2 Å². The minimum Gasteiger partial charge on any atom is -0.462 e. The number of phosphoric acid groups is 2. The number of esters is 2. The van der Waals surface area contributed by atoms with Crippen LogP contribution in [0.2, 0.25) is 0 Å². The van der Waals surface area contributed by atoms with E-state index in [9.17, 15) is 49.1 Å². The molecule has 9 atom stereocenters. The van der Waals surface area contributed by atoms with Crippen LogP contribution in [0.5, 0.6) is 0 Å². The van der Waals surface area contributed by atoms with Gasteiger partial charge in [0.25, 0.3) is 0 Å². The number of allylic oxidation sites excluding steroid dienone is 10. The molecule has 0 heterocycles. The molecule has 1 rings (SSSR count). The zero-order valence-electron chi connectivity index (χ0n) is 37.5. The maximum absolute atomic E-state index is 13.0. The summed E-state index contributed by atoms with van der Waals surface area (Å²) in [5, 5.41) is 51.2. The van der Waals surface area contributed by atoms with Crippen LogP contribution in [-0.4, -0.2) is 114 Å². The van der Waals surface area contributed by atoms with E-state index in [0.717, 1.165) is 51.4 Å². The van der Waals surface area contributed by atoms with Gasteiger partial charge in [-0.2, -0.15) is 0 Å². The highest BCUT2D eigenvalue weighted by atomic mass is 31.2. The van der Waals surface area contributed by atoms with Gasteiger partial charge in [0, 0.05) is 12.8 Å². The summed E-state index contributed by atoms with van der Waals surface area (Å²) in [6.07, 6.45) is 23.3. The minimum atomic E-state index is -5.38. The number of hydrogen-bond donors (Lipinski definition) is 8. The lowest BCUT2D eigenvalue weighted by Crippen LogP contribution is -2.64. The zero-order chi connectivity index (χ0) is 47.6. The first kappa shape index (κ1) is 59.4. The van der Waals surface area contributed by atoms with E-state index in [1.807, 2.05) is 36.5 Å². The molecule has 6 unspecified atom stereocenters. The molecule has 0 amide bonds. The third-order valence-electron chi connectivity index (χ3n) is 9.84. The standard InChI is InChI=1S/C45H76O17P2/c1-3-5-7-9-11-12-13-14-15-16-21-25-29-33-39(48)60-37(35-59-64(56,57)62-45-42(51)40(49)41(50)44(43(45)52)61-63(53,54)55)34-58-38(47)32-28-24-20-18-17-19-23-27-31-36(46)30-26-22-10-8-6-4-2/h6,8,12-13,18-20,22-23,26-27,31,36-37,40-46,49-52H,3-5,7,9-11,14-17,21,24-25,28-30,32-35H2,1-2H3,(H,56,57)(H2,53,54,55)/b8-6-,13-12-,20-18-,23-19-,26-22-,31-27+/t36?,37-,40?,41?,42?,43?,44-,45+/m1/s1. The Bertz CT molecular complexity index is 1540. The number of hydrogen-bond acceptors (Lipinski definition) is 14. The van der Waals surface area contributed by atoms with Gasteiger partial charge in [-0.1, -0.05) is 125 Å². The number of carbonyl (C=O) groups is 2. The molecule has 0 radical (unpaired) electrons. The van der Waals surface area contributed by atoms with E-state index < -0.39 is 89.6 Å². The molecule has 1 aliphatic carbocycles. The normalized spacial score (nSPS) is 23.0. The van der Waals surface area contributed by atoms with E-state index in [4.69, 9.17) is 28.3 Å². The molecular formula is C45H76O17P2. The molecule has 0 aromatic carbocycles. The predicted molar refractivity (Wildman–Crippen MR) is 242 cm³/mol. The number of unbranched alkanes of at least 4 members (excludes halogenated alkanes) is 10. The molecule has 1 fully saturated rings. The van der Waals surface area contributed by atoms with Crippen LogP contribution in [0, 0.1) is 0 Å². The first-order chi connectivity index (χ1) is 30.5. The first-order valence-electron chi connectivity index (χ1n) is 22.6. The van der Waals surface area contributed by atoms with Gasteiger partial charge in [-0.15, -0.1) is 0 Å². The Morgan fingerprint density at radius 2 is 1.16 bits per heavy atom. The summed E-state index contributed by atoms with van der Waals surface area (Å²) in [5.41, 5.74) is 0. The third kappa shape index (κ3) is 29.8. The SMILES string of the molecule is CC/C=C\C/C=C\CC(O)/C=C/C=C\C/C=C\CCCC(=O)OC[C@H](COP(=O)(O)O[C@H]1C(O)C(O)C(O)[C@@H](OP(=O)(O)O)C1O)OC(=O)CCCCCCC/C=C\CCCCCC. The molecule has 0 aliphatic heterocycles. The maximum Gasteiger partial charge on any atom is 0.472 e. The molecule has 1 aliphatic rings. The summed E-state index contributed by atoms with van der Waals surface area (Å²) in [6.45, 7) is 2.82. The quantitative estimate of drug-likeness (QED) is 0.0103. The molecule has 64 heavy (non-hydrogen) atoms. The minimum absolute atomic E-state index is 0.00546. The van der Waals surface area contributed by atoms with Gasteiger partial charge in [0.2, 0.25) is 0 Å². The molecule has 0 saturated heterocycles. The van der Waals surface area contributed by atoms with Gasteiger partial charge in [-0.3, -0.25) is 23.2 Å². The highest BCUT2D eigenvalue weighted by Gasteiger charge is 2.54. The molecule has 0 bridgehead atoms. The van der Waals surface area contributed by atoms with Crippen molar-refractivity contribution < 1.29 is 82.0 Å². The Morgan fingerprint density at radius 3 is 1.83 bits per heavy atom. The Labute approximate surface area is 379 Å². The molecule has 19 heteroatoms. The molecule has 1 saturated carbocycles. The Morgan fingerprint density at radius 1 is 0.594 bits per heavy atom. The second kappa shape index (κ2) is 35.6. The lowest BCUT2D eigenvalue weighted by molar-refractivity contribution is -0.216. The summed E-state index contributed by atoms with van der Waals surface area (Å²) in [5.74, 6) is -1.33. The summed E-state index contributed by atoms with van der Waals surface area (Å²) in [7, 11) is -10.7. The van der Waals surface area contributed by atoms with Crippen LogP contribution < -0.4 is 0 Å². The monoisotopic (exact) mass is 950 g/mol. The Hall–Kier alpha value is -2.60. The average molecular weight is 951 g/mol. The summed E-state index contributed by atoms with van der Waals surface area (Å²) < 4.78 is 49.2. The lowest BCUT2D eigenvalue weighted by Gasteiger charge is -2.43. The van der Waals surface area contributed by atoms with Crippen LogP contribution in [0.15, 0.2) is 72.9 Å². The fraction of sp³-hybridized carbons (Fsp3) is 0.689. The van der Waals surface area contributed by atoms with Crippen LogP contribution >= 0.6 is 15.6 Å². The van der Waals surface area contributed by atoms with Gasteiger partial charge in [0.15, 0.2) is 6.10 Å². The fourth-order valence-corrected chi connectivity index (χ4v) is 7.85. The van der Waals surface area contributed by atoms with Gasteiger partial charge in [-0.05, 0) is 70.6 Å². The van der Waals surface area contributed by atoms with E-state index in [2.05, 4.69) is 42.7 Å². The predicted octanol–water partition coefficient (Wildman–Crippen LogP) is 7.03. The smallest absolute Gasteiger partial charge is 0.462 e. The Balaban J connectivity index is 2.69. The van der Waals surface area contributed by atoms with E-state index in [1.165, 1.54) is 25.7 Å². The number of phosphoric ester groups is 2. The van der Waals surface area contributed by atoms with Crippen molar-refractivity contribution in [1.82, 2.24) is 0 Å². The number of aliphatic hydroxyl groups excluding tert-OH is 5. The number of rotatable bonds is 36. The lowest BCUT2D eigenvalue weighted by atomic mass is 9.85. The van der Waals surface area contributed by atoms with Crippen LogP contribution in [0.1, 0.15) is 136 Å². The van der Waals surface area contributed by atoms with E-state index >= 15 is 0 Å². The number of aliphatic hydroxyl groups is 5. The van der Waals surface area contributed by atoms with Crippen LogP contribution in [0.4, 0.5) is 0 Å². The van der Waals surface area contributed by atoms with Crippen molar-refractivity contribution in [2.45, 2.75) is 185 Å². The van der Waals surface area contributed by atoms with Gasteiger partial charge < -0.3 is 49.7 Å². The van der Waals surface area contributed by atoms with Crippen molar-refractivity contribution in [3.63, 3.8) is 0 Å². The summed E-state index contributed by atoms with van der Waals surface area (Å²) >= 11 is 0. The molecule has 368 valence electrons. The highest BCUT2D eigenvalue weighted by Crippen LogP contribution is 2.49. The largest absolute Gasteiger partial charge is 0.472 e. The van der Waals surface area contributed by atoms with E-state index in [-0.39, 0.29) is 12.8 Å².